The molecule has 0 N–H and O–H groups in total. The Hall–Kier alpha value is -1.97. The Balaban J connectivity index is 2.08. The van der Waals surface area contributed by atoms with Crippen molar-refractivity contribution in [2.45, 2.75) is 9.79 Å². The number of amides is 1. The molecular weight excluding hydrogens is 302 g/mol. The third-order valence-electron chi connectivity index (χ3n) is 3.59. The number of carbonyl (C=O) groups excluding carboxylic acids is 1. The average molecular weight is 312 g/mol. The summed E-state index contributed by atoms with van der Waals surface area (Å²) >= 11 is 7.56. The molecule has 21 heavy (non-hydrogen) atoms. The van der Waals surface area contributed by atoms with Crippen molar-refractivity contribution < 1.29 is 4.79 Å². The molecule has 3 aromatic carbocycles. The number of hydrogen-bond donors (Lipinski definition) is 0. The minimum absolute atomic E-state index is 0.486. The number of fused-ring (bicyclic) bond motifs is 4. The minimum Gasteiger partial charge on any atom is -0.265 e. The molecule has 0 saturated heterocycles. The lowest BCUT2D eigenvalue weighted by Gasteiger charge is -2.30. The molecule has 0 unspecified atom stereocenters. The molecule has 0 spiro atoms. The van der Waals surface area contributed by atoms with E-state index in [1.807, 2.05) is 54.6 Å². The number of para-hydroxylation sites is 1. The Kier molecular flexibility index (Phi) is 2.91. The highest BCUT2D eigenvalue weighted by molar-refractivity contribution is 7.99. The molecule has 4 heteroatoms. The maximum absolute atomic E-state index is 12.1. The van der Waals surface area contributed by atoms with Crippen LogP contribution in [0.2, 0.25) is 0 Å². The van der Waals surface area contributed by atoms with Crippen LogP contribution in [0.5, 0.6) is 0 Å². The van der Waals surface area contributed by atoms with E-state index < -0.39 is 5.37 Å². The van der Waals surface area contributed by atoms with Gasteiger partial charge in [-0.25, -0.2) is 0 Å². The average Bonchev–Trinajstić information content (AvgIpc) is 2.52. The van der Waals surface area contributed by atoms with Gasteiger partial charge in [-0.1, -0.05) is 54.2 Å². The standard InChI is InChI=1S/C17H10ClNOS/c18-17(20)19-13-7-3-4-8-14(13)21-15-10-9-11-5-1-2-6-12(11)16(15)19/h1-10H. The van der Waals surface area contributed by atoms with Crippen LogP contribution in [0, 0.1) is 0 Å². The van der Waals surface area contributed by atoms with E-state index in [1.165, 1.54) is 0 Å². The van der Waals surface area contributed by atoms with Gasteiger partial charge < -0.3 is 0 Å². The summed E-state index contributed by atoms with van der Waals surface area (Å²) in [5.41, 5.74) is 1.71. The van der Waals surface area contributed by atoms with Crippen molar-refractivity contribution in [3.8, 4) is 0 Å². The smallest absolute Gasteiger partial charge is 0.265 e. The first-order chi connectivity index (χ1) is 10.3. The summed E-state index contributed by atoms with van der Waals surface area (Å²) < 4.78 is 0. The van der Waals surface area contributed by atoms with E-state index in [9.17, 15) is 4.79 Å². The first kappa shape index (κ1) is 12.7. The SMILES string of the molecule is O=C(Cl)N1c2ccccc2Sc2ccc3ccccc3c21. The summed E-state index contributed by atoms with van der Waals surface area (Å²) in [4.78, 5) is 15.7. The Labute approximate surface area is 131 Å². The molecule has 102 valence electrons. The molecule has 1 aliphatic rings. The molecule has 2 nitrogen and oxygen atoms in total. The zero-order valence-electron chi connectivity index (χ0n) is 10.9. The largest absolute Gasteiger partial charge is 0.325 e. The quantitative estimate of drug-likeness (QED) is 0.386. The fourth-order valence-corrected chi connectivity index (χ4v) is 3.95. The lowest BCUT2D eigenvalue weighted by molar-refractivity contribution is 0.266. The van der Waals surface area contributed by atoms with Gasteiger partial charge in [0, 0.05) is 15.2 Å². The summed E-state index contributed by atoms with van der Waals surface area (Å²) in [5, 5.41) is 1.64. The maximum Gasteiger partial charge on any atom is 0.325 e. The summed E-state index contributed by atoms with van der Waals surface area (Å²) in [6.45, 7) is 0. The molecule has 3 aromatic rings. The van der Waals surface area contributed by atoms with Crippen LogP contribution in [0.15, 0.2) is 70.5 Å². The van der Waals surface area contributed by atoms with Crippen LogP contribution in [-0.4, -0.2) is 5.37 Å². The predicted molar refractivity (Wildman–Crippen MR) is 87.9 cm³/mol. The monoisotopic (exact) mass is 311 g/mol. The highest BCUT2D eigenvalue weighted by Crippen LogP contribution is 2.51. The molecular formula is C17H10ClNOS. The van der Waals surface area contributed by atoms with E-state index in [1.54, 1.807) is 16.7 Å². The van der Waals surface area contributed by atoms with Crippen LogP contribution in [-0.2, 0) is 0 Å². The molecule has 1 heterocycles. The zero-order chi connectivity index (χ0) is 14.4. The van der Waals surface area contributed by atoms with Crippen LogP contribution in [0.4, 0.5) is 16.2 Å². The number of carbonyl (C=O) groups is 1. The van der Waals surface area contributed by atoms with Crippen molar-refractivity contribution in [2.24, 2.45) is 0 Å². The van der Waals surface area contributed by atoms with E-state index in [0.717, 1.165) is 31.9 Å². The van der Waals surface area contributed by atoms with Gasteiger partial charge in [0.1, 0.15) is 0 Å². The van der Waals surface area contributed by atoms with E-state index in [4.69, 9.17) is 11.6 Å². The molecule has 0 atom stereocenters. The van der Waals surface area contributed by atoms with E-state index in [2.05, 4.69) is 6.07 Å². The van der Waals surface area contributed by atoms with Crippen molar-refractivity contribution in [1.29, 1.82) is 0 Å². The first-order valence-corrected chi connectivity index (χ1v) is 7.73. The first-order valence-electron chi connectivity index (χ1n) is 6.54. The second kappa shape index (κ2) is 4.79. The van der Waals surface area contributed by atoms with Gasteiger partial charge in [-0.15, -0.1) is 0 Å². The van der Waals surface area contributed by atoms with Gasteiger partial charge in [0.05, 0.1) is 11.4 Å². The number of nitrogens with zero attached hydrogens (tertiary/aromatic N) is 1. The molecule has 1 amide bonds. The predicted octanol–water partition coefficient (Wildman–Crippen LogP) is 5.80. The molecule has 0 fully saturated rings. The van der Waals surface area contributed by atoms with Crippen LogP contribution in [0.25, 0.3) is 10.8 Å². The molecule has 4 rings (SSSR count). The van der Waals surface area contributed by atoms with E-state index in [0.29, 0.717) is 0 Å². The number of hydrogen-bond acceptors (Lipinski definition) is 2. The highest BCUT2D eigenvalue weighted by atomic mass is 35.5. The van der Waals surface area contributed by atoms with Crippen LogP contribution in [0.1, 0.15) is 0 Å². The summed E-state index contributed by atoms with van der Waals surface area (Å²) in [6, 6.07) is 20.0. The Morgan fingerprint density at radius 2 is 1.67 bits per heavy atom. The van der Waals surface area contributed by atoms with E-state index >= 15 is 0 Å². The number of rotatable bonds is 0. The normalized spacial score (nSPS) is 12.9. The molecule has 1 aliphatic heterocycles. The van der Waals surface area contributed by atoms with E-state index in [-0.39, 0.29) is 0 Å². The van der Waals surface area contributed by atoms with Gasteiger partial charge in [0.15, 0.2) is 0 Å². The van der Waals surface area contributed by atoms with Crippen LogP contribution < -0.4 is 4.90 Å². The summed E-state index contributed by atoms with van der Waals surface area (Å²) in [5.74, 6) is 0. The van der Waals surface area contributed by atoms with Gasteiger partial charge in [0.2, 0.25) is 0 Å². The molecule has 0 aromatic heterocycles. The van der Waals surface area contributed by atoms with Gasteiger partial charge >= 0.3 is 5.37 Å². The summed E-state index contributed by atoms with van der Waals surface area (Å²) in [6.07, 6.45) is 0. The minimum atomic E-state index is -0.486. The van der Waals surface area contributed by atoms with Gasteiger partial charge in [-0.3, -0.25) is 9.69 Å². The fourth-order valence-electron chi connectivity index (χ4n) is 2.70. The number of benzene rings is 3. The third kappa shape index (κ3) is 1.93. The van der Waals surface area contributed by atoms with Crippen molar-refractivity contribution in [1.82, 2.24) is 0 Å². The molecule has 0 saturated carbocycles. The fraction of sp³-hybridized carbons (Fsp3) is 0. The number of anilines is 2. The molecule has 0 radical (unpaired) electrons. The topological polar surface area (TPSA) is 20.3 Å². The van der Waals surface area contributed by atoms with Crippen LogP contribution in [0.3, 0.4) is 0 Å². The van der Waals surface area contributed by atoms with Crippen molar-refractivity contribution in [3.05, 3.63) is 60.7 Å². The maximum atomic E-state index is 12.1. The Morgan fingerprint density at radius 3 is 2.52 bits per heavy atom. The Bertz CT molecular complexity index is 878. The molecule has 0 bridgehead atoms. The zero-order valence-corrected chi connectivity index (χ0v) is 12.5. The van der Waals surface area contributed by atoms with Crippen molar-refractivity contribution in [2.75, 3.05) is 4.90 Å². The Morgan fingerprint density at radius 1 is 0.905 bits per heavy atom. The van der Waals surface area contributed by atoms with Crippen LogP contribution >= 0.6 is 23.4 Å². The highest BCUT2D eigenvalue weighted by Gasteiger charge is 2.28. The third-order valence-corrected chi connectivity index (χ3v) is 4.87. The molecule has 0 aliphatic carbocycles. The van der Waals surface area contributed by atoms with Gasteiger partial charge in [0.25, 0.3) is 0 Å². The second-order valence-corrected chi connectivity index (χ2v) is 6.20. The van der Waals surface area contributed by atoms with Crippen molar-refractivity contribution in [3.63, 3.8) is 0 Å². The van der Waals surface area contributed by atoms with Gasteiger partial charge in [-0.05, 0) is 35.2 Å². The second-order valence-electron chi connectivity index (χ2n) is 4.79. The lowest BCUT2D eigenvalue weighted by atomic mass is 10.1. The number of halogens is 1. The lowest BCUT2D eigenvalue weighted by Crippen LogP contribution is -2.23. The van der Waals surface area contributed by atoms with Crippen molar-refractivity contribution >= 4 is 50.9 Å². The van der Waals surface area contributed by atoms with Gasteiger partial charge in [-0.2, -0.15) is 0 Å². The summed E-state index contributed by atoms with van der Waals surface area (Å²) in [7, 11) is 0.